The lowest BCUT2D eigenvalue weighted by molar-refractivity contribution is 0.190. The molecule has 3 N–H and O–H groups in total. The van der Waals surface area contributed by atoms with Gasteiger partial charge in [-0.05, 0) is 26.8 Å². The second kappa shape index (κ2) is 4.65. The number of anilines is 2. The normalized spacial score (nSPS) is 26.6. The van der Waals surface area contributed by atoms with Gasteiger partial charge in [-0.1, -0.05) is 0 Å². The van der Waals surface area contributed by atoms with Gasteiger partial charge in [-0.25, -0.2) is 4.98 Å². The first kappa shape index (κ1) is 11.1. The molecule has 2 atom stereocenters. The van der Waals surface area contributed by atoms with Gasteiger partial charge in [0.15, 0.2) is 0 Å². The molecule has 1 aromatic rings. The minimum absolute atomic E-state index is 0.464. The number of rotatable bonds is 2. The van der Waals surface area contributed by atoms with E-state index in [4.69, 9.17) is 5.73 Å². The standard InChI is InChI=1S/C11H19N5/c1-8-5-9(3-4-16(8)2)14-11-7-13-6-10(12)15-11/h6-9H,3-5H2,1-2H3,(H3,12,14,15). The maximum Gasteiger partial charge on any atom is 0.147 e. The molecule has 5 heteroatoms. The van der Waals surface area contributed by atoms with Gasteiger partial charge in [0.05, 0.1) is 12.4 Å². The molecule has 0 saturated carbocycles. The number of likely N-dealkylation sites (tertiary alicyclic amines) is 1. The van der Waals surface area contributed by atoms with E-state index in [9.17, 15) is 0 Å². The first-order valence-corrected chi connectivity index (χ1v) is 5.69. The quantitative estimate of drug-likeness (QED) is 0.778. The fourth-order valence-electron chi connectivity index (χ4n) is 2.08. The van der Waals surface area contributed by atoms with E-state index in [1.54, 1.807) is 12.4 Å². The predicted molar refractivity (Wildman–Crippen MR) is 65.2 cm³/mol. The second-order valence-corrected chi connectivity index (χ2v) is 4.52. The number of nitrogen functional groups attached to an aromatic ring is 1. The summed E-state index contributed by atoms with van der Waals surface area (Å²) in [4.78, 5) is 10.6. The molecule has 0 radical (unpaired) electrons. The van der Waals surface area contributed by atoms with Gasteiger partial charge in [-0.3, -0.25) is 4.98 Å². The molecule has 16 heavy (non-hydrogen) atoms. The van der Waals surface area contributed by atoms with Crippen molar-refractivity contribution in [1.29, 1.82) is 0 Å². The Balaban J connectivity index is 1.95. The van der Waals surface area contributed by atoms with Crippen LogP contribution in [-0.2, 0) is 0 Å². The molecule has 88 valence electrons. The van der Waals surface area contributed by atoms with Gasteiger partial charge >= 0.3 is 0 Å². The van der Waals surface area contributed by atoms with Crippen LogP contribution in [0, 0.1) is 0 Å². The van der Waals surface area contributed by atoms with E-state index in [0.29, 0.717) is 17.9 Å². The zero-order valence-corrected chi connectivity index (χ0v) is 9.85. The molecule has 0 bridgehead atoms. The number of nitrogens with one attached hydrogen (secondary N) is 1. The Morgan fingerprint density at radius 3 is 3.00 bits per heavy atom. The van der Waals surface area contributed by atoms with Crippen molar-refractivity contribution in [2.75, 3.05) is 24.6 Å². The second-order valence-electron chi connectivity index (χ2n) is 4.52. The molecular formula is C11H19N5. The minimum atomic E-state index is 0.464. The molecule has 0 aliphatic carbocycles. The monoisotopic (exact) mass is 221 g/mol. The Morgan fingerprint density at radius 1 is 1.50 bits per heavy atom. The van der Waals surface area contributed by atoms with E-state index < -0.39 is 0 Å². The van der Waals surface area contributed by atoms with Crippen LogP contribution in [0.4, 0.5) is 11.6 Å². The highest BCUT2D eigenvalue weighted by molar-refractivity contribution is 5.39. The van der Waals surface area contributed by atoms with Gasteiger partial charge in [0.25, 0.3) is 0 Å². The average molecular weight is 221 g/mol. The Bertz CT molecular complexity index is 354. The topological polar surface area (TPSA) is 67.1 Å². The summed E-state index contributed by atoms with van der Waals surface area (Å²) in [5.41, 5.74) is 5.59. The largest absolute Gasteiger partial charge is 0.382 e. The molecule has 2 heterocycles. The minimum Gasteiger partial charge on any atom is -0.382 e. The van der Waals surface area contributed by atoms with E-state index in [0.717, 1.165) is 25.2 Å². The number of aromatic nitrogens is 2. The third kappa shape index (κ3) is 2.61. The molecule has 1 aromatic heterocycles. The van der Waals surface area contributed by atoms with E-state index in [2.05, 4.69) is 34.2 Å². The summed E-state index contributed by atoms with van der Waals surface area (Å²) in [7, 11) is 2.17. The van der Waals surface area contributed by atoms with Crippen LogP contribution in [0.5, 0.6) is 0 Å². The summed E-state index contributed by atoms with van der Waals surface area (Å²) in [6.07, 6.45) is 5.55. The van der Waals surface area contributed by atoms with E-state index >= 15 is 0 Å². The Kier molecular flexibility index (Phi) is 3.24. The SMILES string of the molecule is CC1CC(Nc2cncc(N)n2)CCN1C. The van der Waals surface area contributed by atoms with Gasteiger partial charge in [-0.15, -0.1) is 0 Å². The van der Waals surface area contributed by atoms with Crippen LogP contribution in [0.3, 0.4) is 0 Å². The van der Waals surface area contributed by atoms with Crippen LogP contribution in [0.1, 0.15) is 19.8 Å². The van der Waals surface area contributed by atoms with E-state index in [1.807, 2.05) is 0 Å². The fraction of sp³-hybridized carbons (Fsp3) is 0.636. The summed E-state index contributed by atoms with van der Waals surface area (Å²) in [5.74, 6) is 1.24. The maximum absolute atomic E-state index is 5.59. The highest BCUT2D eigenvalue weighted by atomic mass is 15.2. The van der Waals surface area contributed by atoms with E-state index in [1.165, 1.54) is 0 Å². The summed E-state index contributed by atoms with van der Waals surface area (Å²) in [5, 5.41) is 3.39. The van der Waals surface area contributed by atoms with Gasteiger partial charge in [0.2, 0.25) is 0 Å². The summed E-state index contributed by atoms with van der Waals surface area (Å²) >= 11 is 0. The number of nitrogens with two attached hydrogens (primary N) is 1. The first-order chi connectivity index (χ1) is 7.65. The van der Waals surface area contributed by atoms with Crippen molar-refractivity contribution in [3.8, 4) is 0 Å². The van der Waals surface area contributed by atoms with Gasteiger partial charge in [0.1, 0.15) is 11.6 Å². The van der Waals surface area contributed by atoms with E-state index in [-0.39, 0.29) is 0 Å². The number of hydrogen-bond donors (Lipinski definition) is 2. The van der Waals surface area contributed by atoms with Gasteiger partial charge in [-0.2, -0.15) is 0 Å². The lowest BCUT2D eigenvalue weighted by atomic mass is 9.99. The van der Waals surface area contributed by atoms with Crippen LogP contribution in [0.15, 0.2) is 12.4 Å². The number of hydrogen-bond acceptors (Lipinski definition) is 5. The summed E-state index contributed by atoms with van der Waals surface area (Å²) in [6, 6.07) is 1.09. The van der Waals surface area contributed by atoms with Crippen LogP contribution in [0.25, 0.3) is 0 Å². The van der Waals surface area contributed by atoms with Crippen molar-refractivity contribution in [2.45, 2.75) is 31.8 Å². The third-order valence-electron chi connectivity index (χ3n) is 3.21. The van der Waals surface area contributed by atoms with Crippen LogP contribution in [0.2, 0.25) is 0 Å². The van der Waals surface area contributed by atoms with Crippen molar-refractivity contribution in [2.24, 2.45) is 0 Å². The van der Waals surface area contributed by atoms with Crippen molar-refractivity contribution in [3.05, 3.63) is 12.4 Å². The van der Waals surface area contributed by atoms with Crippen molar-refractivity contribution >= 4 is 11.6 Å². The lowest BCUT2D eigenvalue weighted by Gasteiger charge is -2.35. The zero-order chi connectivity index (χ0) is 11.5. The lowest BCUT2D eigenvalue weighted by Crippen LogP contribution is -2.42. The molecule has 1 fully saturated rings. The van der Waals surface area contributed by atoms with Crippen LogP contribution >= 0.6 is 0 Å². The predicted octanol–water partition coefficient (Wildman–Crippen LogP) is 0.953. The average Bonchev–Trinajstić information content (AvgIpc) is 2.24. The van der Waals surface area contributed by atoms with Gasteiger partial charge < -0.3 is 16.0 Å². The molecule has 0 spiro atoms. The van der Waals surface area contributed by atoms with Crippen LogP contribution < -0.4 is 11.1 Å². The van der Waals surface area contributed by atoms with Crippen molar-refractivity contribution in [3.63, 3.8) is 0 Å². The molecule has 1 aliphatic heterocycles. The fourth-order valence-corrected chi connectivity index (χ4v) is 2.08. The molecule has 5 nitrogen and oxygen atoms in total. The summed E-state index contributed by atoms with van der Waals surface area (Å²) in [6.45, 7) is 3.37. The zero-order valence-electron chi connectivity index (χ0n) is 9.85. The molecule has 1 aliphatic rings. The molecule has 2 rings (SSSR count). The Labute approximate surface area is 96.1 Å². The number of nitrogens with zero attached hydrogens (tertiary/aromatic N) is 3. The Morgan fingerprint density at radius 2 is 2.31 bits per heavy atom. The highest BCUT2D eigenvalue weighted by Crippen LogP contribution is 2.18. The van der Waals surface area contributed by atoms with Gasteiger partial charge in [0, 0.05) is 18.6 Å². The Hall–Kier alpha value is -1.36. The van der Waals surface area contributed by atoms with Crippen molar-refractivity contribution in [1.82, 2.24) is 14.9 Å². The summed E-state index contributed by atoms with van der Waals surface area (Å²) < 4.78 is 0. The third-order valence-corrected chi connectivity index (χ3v) is 3.21. The maximum atomic E-state index is 5.59. The molecule has 1 saturated heterocycles. The molecule has 0 aromatic carbocycles. The first-order valence-electron chi connectivity index (χ1n) is 5.69. The molecule has 0 amide bonds. The van der Waals surface area contributed by atoms with Crippen LogP contribution in [-0.4, -0.2) is 40.5 Å². The molecular weight excluding hydrogens is 202 g/mol. The number of piperidine rings is 1. The highest BCUT2D eigenvalue weighted by Gasteiger charge is 2.22. The smallest absolute Gasteiger partial charge is 0.147 e. The van der Waals surface area contributed by atoms with Crippen molar-refractivity contribution < 1.29 is 0 Å². The molecule has 2 unspecified atom stereocenters.